The first-order chi connectivity index (χ1) is 7.58. The second kappa shape index (κ2) is 6.21. The zero-order valence-corrected chi connectivity index (χ0v) is 10.3. The fourth-order valence-electron chi connectivity index (χ4n) is 2.15. The predicted octanol–water partition coefficient (Wildman–Crippen LogP) is 1.79. The normalized spacial score (nSPS) is 24.2. The Hall–Kier alpha value is -0.610. The first-order valence-electron chi connectivity index (χ1n) is 6.18. The first kappa shape index (κ1) is 13.5. The Balaban J connectivity index is 2.29. The average Bonchev–Trinajstić information content (AvgIpc) is 2.70. The molecule has 1 heterocycles. The molecule has 0 spiro atoms. The van der Waals surface area contributed by atoms with Crippen LogP contribution in [0.25, 0.3) is 0 Å². The maximum atomic E-state index is 11.1. The zero-order valence-electron chi connectivity index (χ0n) is 10.3. The van der Waals surface area contributed by atoms with Gasteiger partial charge < -0.3 is 15.2 Å². The molecule has 0 saturated carbocycles. The summed E-state index contributed by atoms with van der Waals surface area (Å²) >= 11 is 0. The van der Waals surface area contributed by atoms with E-state index < -0.39 is 11.5 Å². The van der Waals surface area contributed by atoms with Crippen LogP contribution in [0.3, 0.4) is 0 Å². The van der Waals surface area contributed by atoms with E-state index in [0.717, 1.165) is 32.3 Å². The maximum absolute atomic E-state index is 11.1. The first-order valence-corrected chi connectivity index (χ1v) is 6.18. The van der Waals surface area contributed by atoms with Crippen LogP contribution in [0, 0.1) is 0 Å². The molecule has 0 aromatic rings. The van der Waals surface area contributed by atoms with E-state index in [-0.39, 0.29) is 0 Å². The van der Waals surface area contributed by atoms with Crippen LogP contribution in [0.5, 0.6) is 0 Å². The van der Waals surface area contributed by atoms with Gasteiger partial charge in [0.1, 0.15) is 5.54 Å². The van der Waals surface area contributed by atoms with Gasteiger partial charge in [-0.1, -0.05) is 13.3 Å². The summed E-state index contributed by atoms with van der Waals surface area (Å²) in [6, 6.07) is 0. The van der Waals surface area contributed by atoms with Crippen molar-refractivity contribution in [1.29, 1.82) is 0 Å². The van der Waals surface area contributed by atoms with E-state index in [4.69, 9.17) is 9.84 Å². The minimum Gasteiger partial charge on any atom is -0.480 e. The molecule has 0 aliphatic carbocycles. The van der Waals surface area contributed by atoms with Crippen LogP contribution >= 0.6 is 0 Å². The number of nitrogens with one attached hydrogen (secondary N) is 1. The molecule has 1 fully saturated rings. The Morgan fingerprint density at radius 2 is 2.38 bits per heavy atom. The number of carbonyl (C=O) groups is 1. The van der Waals surface area contributed by atoms with Crippen LogP contribution in [-0.4, -0.2) is 35.9 Å². The summed E-state index contributed by atoms with van der Waals surface area (Å²) < 4.78 is 5.50. The van der Waals surface area contributed by atoms with Gasteiger partial charge in [0.15, 0.2) is 0 Å². The van der Waals surface area contributed by atoms with E-state index in [1.807, 2.05) is 6.92 Å². The van der Waals surface area contributed by atoms with Crippen LogP contribution < -0.4 is 5.32 Å². The molecule has 1 saturated heterocycles. The number of rotatable bonds is 7. The molecule has 1 rings (SSSR count). The number of carboxylic acid groups (broad SMARTS) is 1. The molecule has 1 aliphatic rings. The Morgan fingerprint density at radius 3 is 2.88 bits per heavy atom. The van der Waals surface area contributed by atoms with Crippen molar-refractivity contribution in [2.24, 2.45) is 0 Å². The Bertz CT molecular complexity index is 226. The van der Waals surface area contributed by atoms with Crippen molar-refractivity contribution in [3.05, 3.63) is 0 Å². The Labute approximate surface area is 97.4 Å². The summed E-state index contributed by atoms with van der Waals surface area (Å²) in [5.74, 6) is -0.762. The third-order valence-corrected chi connectivity index (χ3v) is 3.23. The molecule has 16 heavy (non-hydrogen) atoms. The van der Waals surface area contributed by atoms with Crippen LogP contribution in [-0.2, 0) is 9.53 Å². The van der Waals surface area contributed by atoms with Crippen molar-refractivity contribution in [2.75, 3.05) is 13.2 Å². The van der Waals surface area contributed by atoms with Crippen molar-refractivity contribution in [3.63, 3.8) is 0 Å². The number of ether oxygens (including phenoxy) is 1. The highest BCUT2D eigenvalue weighted by Crippen LogP contribution is 2.16. The summed E-state index contributed by atoms with van der Waals surface area (Å²) in [5.41, 5.74) is -0.784. The minimum atomic E-state index is -0.784. The Kier molecular flexibility index (Phi) is 5.22. The zero-order chi connectivity index (χ0) is 12.0. The second-order valence-corrected chi connectivity index (χ2v) is 4.74. The van der Waals surface area contributed by atoms with Gasteiger partial charge in [0.05, 0.1) is 6.10 Å². The van der Waals surface area contributed by atoms with E-state index in [1.165, 1.54) is 0 Å². The highest BCUT2D eigenvalue weighted by molar-refractivity contribution is 5.78. The Morgan fingerprint density at radius 1 is 1.62 bits per heavy atom. The standard InChI is InChI=1S/C12H23NO3/c1-3-7-12(2,11(14)15)13-8-6-10-5-4-9-16-10/h10,13H,3-9H2,1-2H3,(H,14,15). The number of carboxylic acids is 1. The predicted molar refractivity (Wildman–Crippen MR) is 62.5 cm³/mol. The fraction of sp³-hybridized carbons (Fsp3) is 0.917. The molecule has 1 aliphatic heterocycles. The largest absolute Gasteiger partial charge is 0.480 e. The molecule has 2 unspecified atom stereocenters. The molecular weight excluding hydrogens is 206 g/mol. The molecule has 4 nitrogen and oxygen atoms in total. The topological polar surface area (TPSA) is 58.6 Å². The third-order valence-electron chi connectivity index (χ3n) is 3.23. The van der Waals surface area contributed by atoms with Gasteiger partial charge in [0.2, 0.25) is 0 Å². The van der Waals surface area contributed by atoms with Gasteiger partial charge in [-0.2, -0.15) is 0 Å². The van der Waals surface area contributed by atoms with Crippen molar-refractivity contribution < 1.29 is 14.6 Å². The van der Waals surface area contributed by atoms with Gasteiger partial charge in [-0.05, 0) is 39.2 Å². The van der Waals surface area contributed by atoms with Crippen molar-refractivity contribution in [3.8, 4) is 0 Å². The van der Waals surface area contributed by atoms with Gasteiger partial charge >= 0.3 is 5.97 Å². The smallest absolute Gasteiger partial charge is 0.323 e. The van der Waals surface area contributed by atoms with E-state index in [2.05, 4.69) is 5.32 Å². The van der Waals surface area contributed by atoms with E-state index in [1.54, 1.807) is 6.92 Å². The lowest BCUT2D eigenvalue weighted by molar-refractivity contribution is -0.144. The molecule has 0 bridgehead atoms. The molecule has 0 aromatic heterocycles. The van der Waals surface area contributed by atoms with Gasteiger partial charge in [-0.25, -0.2) is 0 Å². The van der Waals surface area contributed by atoms with Crippen LogP contribution in [0.4, 0.5) is 0 Å². The molecule has 2 atom stereocenters. The molecule has 0 radical (unpaired) electrons. The number of aliphatic carboxylic acids is 1. The van der Waals surface area contributed by atoms with Crippen molar-refractivity contribution in [2.45, 2.75) is 57.6 Å². The maximum Gasteiger partial charge on any atom is 0.323 e. The van der Waals surface area contributed by atoms with E-state index >= 15 is 0 Å². The molecular formula is C12H23NO3. The number of hydrogen-bond donors (Lipinski definition) is 2. The average molecular weight is 229 g/mol. The van der Waals surface area contributed by atoms with E-state index in [9.17, 15) is 4.79 Å². The molecule has 2 N–H and O–H groups in total. The van der Waals surface area contributed by atoms with Gasteiger partial charge in [0.25, 0.3) is 0 Å². The van der Waals surface area contributed by atoms with Gasteiger partial charge in [0, 0.05) is 6.61 Å². The van der Waals surface area contributed by atoms with Gasteiger partial charge in [-0.3, -0.25) is 4.79 Å². The van der Waals surface area contributed by atoms with Crippen molar-refractivity contribution in [1.82, 2.24) is 5.32 Å². The fourth-order valence-corrected chi connectivity index (χ4v) is 2.15. The lowest BCUT2D eigenvalue weighted by atomic mass is 9.96. The summed E-state index contributed by atoms with van der Waals surface area (Å²) in [4.78, 5) is 11.1. The monoisotopic (exact) mass is 229 g/mol. The van der Waals surface area contributed by atoms with Crippen LogP contribution in [0.2, 0.25) is 0 Å². The molecule has 0 amide bonds. The molecule has 4 heteroatoms. The molecule has 94 valence electrons. The van der Waals surface area contributed by atoms with Gasteiger partial charge in [-0.15, -0.1) is 0 Å². The molecule has 0 aromatic carbocycles. The second-order valence-electron chi connectivity index (χ2n) is 4.74. The highest BCUT2D eigenvalue weighted by Gasteiger charge is 2.31. The summed E-state index contributed by atoms with van der Waals surface area (Å²) in [6.07, 6.45) is 5.01. The van der Waals surface area contributed by atoms with E-state index in [0.29, 0.717) is 19.1 Å². The third kappa shape index (κ3) is 3.76. The van der Waals surface area contributed by atoms with Crippen LogP contribution in [0.1, 0.15) is 46.0 Å². The van der Waals surface area contributed by atoms with Crippen LogP contribution in [0.15, 0.2) is 0 Å². The van der Waals surface area contributed by atoms with Crippen molar-refractivity contribution >= 4 is 5.97 Å². The lowest BCUT2D eigenvalue weighted by Gasteiger charge is -2.26. The summed E-state index contributed by atoms with van der Waals surface area (Å²) in [6.45, 7) is 5.33. The SMILES string of the molecule is CCCC(C)(NCCC1CCCO1)C(=O)O. The summed E-state index contributed by atoms with van der Waals surface area (Å²) in [5, 5.41) is 12.3. The highest BCUT2D eigenvalue weighted by atomic mass is 16.5. The number of hydrogen-bond acceptors (Lipinski definition) is 3. The minimum absolute atomic E-state index is 0.326. The summed E-state index contributed by atoms with van der Waals surface area (Å²) in [7, 11) is 0. The quantitative estimate of drug-likeness (QED) is 0.698. The lowest BCUT2D eigenvalue weighted by Crippen LogP contribution is -2.50.